The number of rotatable bonds is 10. The molecule has 24 heteroatoms. The number of fused-ring (bicyclic) bond motifs is 2. The van der Waals surface area contributed by atoms with E-state index in [1.54, 1.807) is 30.3 Å². The van der Waals surface area contributed by atoms with Crippen LogP contribution in [0.1, 0.15) is 26.5 Å². The van der Waals surface area contributed by atoms with Gasteiger partial charge >= 0.3 is 24.5 Å². The number of carbonyl (C=O) groups excluding carboxylic acids is 4. The molecule has 0 radical (unpaired) electrons. The lowest BCUT2D eigenvalue weighted by Gasteiger charge is -2.30. The first kappa shape index (κ1) is 47.2. The van der Waals surface area contributed by atoms with Gasteiger partial charge in [0.25, 0.3) is 11.8 Å². The molecular weight excluding hydrogens is 915 g/mol. The summed E-state index contributed by atoms with van der Waals surface area (Å²) in [6, 6.07) is 19.3. The third kappa shape index (κ3) is 11.9. The second-order valence-electron chi connectivity index (χ2n) is 13.8. The number of benzene rings is 4. The van der Waals surface area contributed by atoms with Gasteiger partial charge in [0, 0.05) is 74.3 Å². The number of aromatic nitrogens is 2. The first-order valence-electron chi connectivity index (χ1n) is 19.6. The maximum atomic E-state index is 14.5. The molecule has 2 aliphatic heterocycles. The third-order valence-electron chi connectivity index (χ3n) is 9.02. The number of urea groups is 2. The zero-order valence-corrected chi connectivity index (χ0v) is 35.1. The molecule has 2 aliphatic rings. The van der Waals surface area contributed by atoms with Crippen LogP contribution in [0.5, 0.6) is 40.2 Å². The molecule has 0 fully saturated rings. The fraction of sp³-hybridized carbons (Fsp3) is 0.136. The predicted molar refractivity (Wildman–Crippen MR) is 228 cm³/mol. The van der Waals surface area contributed by atoms with E-state index in [0.717, 1.165) is 24.3 Å². The summed E-state index contributed by atoms with van der Waals surface area (Å²) in [5.74, 6) is -1.49. The molecule has 6 N–H and O–H groups in total. The van der Waals surface area contributed by atoms with Crippen LogP contribution in [0.2, 0.25) is 0 Å². The van der Waals surface area contributed by atoms with Crippen molar-refractivity contribution < 1.29 is 73.9 Å². The summed E-state index contributed by atoms with van der Waals surface area (Å²) in [5, 5.41) is 14.5. The molecule has 0 unspecified atom stereocenters. The molecule has 0 saturated heterocycles. The van der Waals surface area contributed by atoms with E-state index in [1.807, 2.05) is 0 Å². The summed E-state index contributed by atoms with van der Waals surface area (Å²) in [5.41, 5.74) is -0.662. The molecular formula is C44H34F6N8O10. The number of ether oxygens (including phenoxy) is 6. The van der Waals surface area contributed by atoms with Crippen molar-refractivity contribution in [1.29, 1.82) is 0 Å². The Kier molecular flexibility index (Phi) is 14.0. The number of nitrogens with one attached hydrogen (secondary N) is 6. The van der Waals surface area contributed by atoms with Crippen molar-refractivity contribution in [3.63, 3.8) is 0 Å². The second-order valence-corrected chi connectivity index (χ2v) is 13.8. The van der Waals surface area contributed by atoms with Crippen molar-refractivity contribution in [2.45, 2.75) is 12.4 Å². The van der Waals surface area contributed by atoms with Crippen molar-refractivity contribution in [3.8, 4) is 40.2 Å². The average molecular weight is 949 g/mol. The van der Waals surface area contributed by atoms with E-state index >= 15 is 0 Å². The number of carbonyl (C=O) groups is 4. The van der Waals surface area contributed by atoms with Gasteiger partial charge in [-0.25, -0.2) is 23.1 Å². The molecule has 0 atom stereocenters. The van der Waals surface area contributed by atoms with E-state index in [0.29, 0.717) is 36.5 Å². The minimum Gasteiger partial charge on any atom is -0.486 e. The van der Waals surface area contributed by atoms with E-state index < -0.39 is 53.3 Å². The Morgan fingerprint density at radius 1 is 0.603 bits per heavy atom. The summed E-state index contributed by atoms with van der Waals surface area (Å²) in [7, 11) is 2.94. The summed E-state index contributed by atoms with van der Waals surface area (Å²) in [4.78, 5) is 56.0. The number of amides is 6. The van der Waals surface area contributed by atoms with E-state index in [9.17, 15) is 45.5 Å². The van der Waals surface area contributed by atoms with Crippen LogP contribution >= 0.6 is 0 Å². The van der Waals surface area contributed by atoms with E-state index in [1.165, 1.54) is 62.9 Å². The number of pyridine rings is 2. The van der Waals surface area contributed by atoms with Gasteiger partial charge in [0.1, 0.15) is 65.0 Å². The van der Waals surface area contributed by atoms with Crippen LogP contribution in [-0.4, -0.2) is 67.4 Å². The predicted octanol–water partition coefficient (Wildman–Crippen LogP) is 8.81. The number of nitrogens with zero attached hydrogens (tertiary/aromatic N) is 2. The van der Waals surface area contributed by atoms with E-state index in [4.69, 9.17) is 18.9 Å². The molecule has 0 bridgehead atoms. The standard InChI is InChI=1S/C22H15F5N4O5.C22H19FN4O5/c1-28-19(32)17-10-13(6-7-29-17)34-12-3-4-16(15(23)9-12)31-20(33)30-11-2-5-18-14(8-11)21(24,25)36-22(26,27)35-18;1-24-21(28)18-12-16(5-6-25-18)32-15-4-2-3-14(11-15)26-22(29)27-17-9-13(23)10-19-20(17)31-8-7-30-19/h2-10H,1H3,(H,28,32)(H2,30,31,33);2-6,9-12H,7-8H2,1H3,(H,24,28)(H2,26,27,29). The summed E-state index contributed by atoms with van der Waals surface area (Å²) in [6.07, 6.45) is -6.12. The lowest BCUT2D eigenvalue weighted by molar-refractivity contribution is -0.461. The lowest BCUT2D eigenvalue weighted by Crippen LogP contribution is -2.41. The van der Waals surface area contributed by atoms with Crippen molar-refractivity contribution in [1.82, 2.24) is 20.6 Å². The van der Waals surface area contributed by atoms with Gasteiger partial charge in [-0.1, -0.05) is 6.07 Å². The molecule has 4 aromatic carbocycles. The van der Waals surface area contributed by atoms with Gasteiger partial charge in [0.05, 0.1) is 16.9 Å². The van der Waals surface area contributed by atoms with E-state index in [-0.39, 0.29) is 57.4 Å². The summed E-state index contributed by atoms with van der Waals surface area (Å²) in [6.45, 7) is 0.599. The summed E-state index contributed by atoms with van der Waals surface area (Å²) < 4.78 is 112. The number of alkyl halides is 4. The smallest absolute Gasteiger partial charge is 0.486 e. The highest BCUT2D eigenvalue weighted by Gasteiger charge is 2.54. The molecule has 4 heterocycles. The van der Waals surface area contributed by atoms with E-state index in [2.05, 4.69) is 51.3 Å². The first-order valence-corrected chi connectivity index (χ1v) is 19.6. The van der Waals surface area contributed by atoms with Crippen molar-refractivity contribution >= 4 is 46.6 Å². The van der Waals surface area contributed by atoms with Gasteiger partial charge in [-0.05, 0) is 54.6 Å². The normalized spacial score (nSPS) is 13.6. The summed E-state index contributed by atoms with van der Waals surface area (Å²) >= 11 is 0. The zero-order valence-electron chi connectivity index (χ0n) is 35.1. The third-order valence-corrected chi connectivity index (χ3v) is 9.02. The number of anilines is 4. The van der Waals surface area contributed by atoms with Crippen LogP contribution in [0.3, 0.4) is 0 Å². The van der Waals surface area contributed by atoms with Gasteiger partial charge in [-0.15, -0.1) is 8.78 Å². The highest BCUT2D eigenvalue weighted by Crippen LogP contribution is 2.47. The number of hydrogen-bond donors (Lipinski definition) is 6. The maximum Gasteiger partial charge on any atom is 0.540 e. The maximum absolute atomic E-state index is 14.5. The fourth-order valence-electron chi connectivity index (χ4n) is 6.08. The Bertz CT molecular complexity index is 2890. The molecule has 8 rings (SSSR count). The highest BCUT2D eigenvalue weighted by molar-refractivity contribution is 6.01. The number of halogens is 6. The molecule has 18 nitrogen and oxygen atoms in total. The molecule has 352 valence electrons. The minimum absolute atomic E-state index is 0.0428. The van der Waals surface area contributed by atoms with Gasteiger partial charge in [-0.3, -0.25) is 19.6 Å². The number of hydrogen-bond acceptors (Lipinski definition) is 12. The van der Waals surface area contributed by atoms with Gasteiger partial charge in [0.2, 0.25) is 0 Å². The van der Waals surface area contributed by atoms with Crippen molar-refractivity contribution in [2.24, 2.45) is 0 Å². The van der Waals surface area contributed by atoms with Crippen molar-refractivity contribution in [2.75, 3.05) is 48.6 Å². The minimum atomic E-state index is -4.53. The quantitative estimate of drug-likeness (QED) is 0.0710. The van der Waals surface area contributed by atoms with Gasteiger partial charge < -0.3 is 55.6 Å². The Morgan fingerprint density at radius 2 is 1.19 bits per heavy atom. The SMILES string of the molecule is CNC(=O)c1cc(Oc2ccc(NC(=O)Nc3ccc4c(c3)C(F)(F)OC(F)(F)O4)c(F)c2)ccn1.CNC(=O)c1cc(Oc2cccc(NC(=O)Nc3cc(F)cc4c3OCCO4)c2)ccn1. The van der Waals surface area contributed by atoms with Crippen LogP contribution in [-0.2, 0) is 10.8 Å². The highest BCUT2D eigenvalue weighted by atomic mass is 19.3. The van der Waals surface area contributed by atoms with Crippen LogP contribution in [0.15, 0.2) is 109 Å². The molecule has 0 spiro atoms. The first-order chi connectivity index (χ1) is 32.5. The van der Waals surface area contributed by atoms with Gasteiger partial charge in [0.15, 0.2) is 11.5 Å². The van der Waals surface area contributed by atoms with Crippen LogP contribution in [0, 0.1) is 11.6 Å². The Balaban J connectivity index is 0.000000203. The Labute approximate surface area is 379 Å². The van der Waals surface area contributed by atoms with Crippen LogP contribution < -0.4 is 55.6 Å². The van der Waals surface area contributed by atoms with Gasteiger partial charge in [-0.2, -0.15) is 8.78 Å². The topological polar surface area (TPSA) is 222 Å². The van der Waals surface area contributed by atoms with Crippen LogP contribution in [0.25, 0.3) is 0 Å². The monoisotopic (exact) mass is 948 g/mol. The lowest BCUT2D eigenvalue weighted by atomic mass is 10.1. The van der Waals surface area contributed by atoms with Crippen LogP contribution in [0.4, 0.5) is 58.7 Å². The molecule has 2 aromatic heterocycles. The average Bonchev–Trinajstić information content (AvgIpc) is 3.29. The molecule has 6 amide bonds. The van der Waals surface area contributed by atoms with Crippen molar-refractivity contribution in [3.05, 3.63) is 138 Å². The largest absolute Gasteiger partial charge is 0.540 e. The Morgan fingerprint density at radius 3 is 1.82 bits per heavy atom. The molecule has 0 saturated carbocycles. The molecule has 0 aliphatic carbocycles. The Hall–Kier alpha value is -8.80. The second kappa shape index (κ2) is 20.2. The molecule has 6 aromatic rings. The zero-order chi connectivity index (χ0) is 48.6. The molecule has 68 heavy (non-hydrogen) atoms. The fourth-order valence-corrected chi connectivity index (χ4v) is 6.08.